The van der Waals surface area contributed by atoms with Crippen LogP contribution in [0.5, 0.6) is 0 Å². The van der Waals surface area contributed by atoms with Gasteiger partial charge in [0.25, 0.3) is 0 Å². The summed E-state index contributed by atoms with van der Waals surface area (Å²) in [6, 6.07) is 14.3. The second-order valence-corrected chi connectivity index (χ2v) is 6.73. The SMILES string of the molecule is Cc1ccc(-c2n[nH]c(=S)n2CCC(=O)NCCc2ccc(F)cc2)cc1. The highest BCUT2D eigenvalue weighted by atomic mass is 32.1. The Labute approximate surface area is 162 Å². The molecule has 0 aliphatic heterocycles. The maximum Gasteiger partial charge on any atom is 0.221 e. The van der Waals surface area contributed by atoms with Crippen molar-refractivity contribution < 1.29 is 9.18 Å². The highest BCUT2D eigenvalue weighted by molar-refractivity contribution is 7.71. The van der Waals surface area contributed by atoms with Gasteiger partial charge in [0.15, 0.2) is 10.6 Å². The molecule has 5 nitrogen and oxygen atoms in total. The van der Waals surface area contributed by atoms with Gasteiger partial charge < -0.3 is 5.32 Å². The molecule has 140 valence electrons. The zero-order chi connectivity index (χ0) is 19.2. The second kappa shape index (κ2) is 8.73. The molecule has 27 heavy (non-hydrogen) atoms. The van der Waals surface area contributed by atoms with Crippen molar-refractivity contribution in [2.75, 3.05) is 6.54 Å². The second-order valence-electron chi connectivity index (χ2n) is 6.35. The highest BCUT2D eigenvalue weighted by Crippen LogP contribution is 2.18. The first kappa shape index (κ1) is 19.0. The van der Waals surface area contributed by atoms with Crippen molar-refractivity contribution in [1.82, 2.24) is 20.1 Å². The molecule has 0 aliphatic carbocycles. The number of hydrogen-bond donors (Lipinski definition) is 2. The van der Waals surface area contributed by atoms with E-state index in [2.05, 4.69) is 15.5 Å². The van der Waals surface area contributed by atoms with Crippen LogP contribution in [0.1, 0.15) is 17.5 Å². The average Bonchev–Trinajstić information content (AvgIpc) is 3.03. The summed E-state index contributed by atoms with van der Waals surface area (Å²) in [6.45, 7) is 2.98. The number of amides is 1. The Kier molecular flexibility index (Phi) is 6.13. The normalized spacial score (nSPS) is 10.7. The molecule has 1 heterocycles. The first-order valence-corrected chi connectivity index (χ1v) is 9.17. The monoisotopic (exact) mass is 384 g/mol. The van der Waals surface area contributed by atoms with Crippen LogP contribution in [0.25, 0.3) is 11.4 Å². The summed E-state index contributed by atoms with van der Waals surface area (Å²) in [7, 11) is 0. The fraction of sp³-hybridized carbons (Fsp3) is 0.250. The summed E-state index contributed by atoms with van der Waals surface area (Å²) in [5.74, 6) is 0.401. The summed E-state index contributed by atoms with van der Waals surface area (Å²) < 4.78 is 15.2. The van der Waals surface area contributed by atoms with E-state index in [9.17, 15) is 9.18 Å². The first-order chi connectivity index (χ1) is 13.0. The molecule has 2 aromatic carbocycles. The Morgan fingerprint density at radius 3 is 2.59 bits per heavy atom. The number of carbonyl (C=O) groups is 1. The van der Waals surface area contributed by atoms with Crippen LogP contribution in [0.4, 0.5) is 4.39 Å². The molecule has 0 bridgehead atoms. The quantitative estimate of drug-likeness (QED) is 0.609. The Bertz CT molecular complexity index is 961. The number of aryl methyl sites for hydroxylation is 1. The molecule has 0 aliphatic rings. The van der Waals surface area contributed by atoms with Crippen molar-refractivity contribution in [2.45, 2.75) is 26.3 Å². The fourth-order valence-corrected chi connectivity index (χ4v) is 2.97. The number of nitrogens with zero attached hydrogens (tertiary/aromatic N) is 2. The fourth-order valence-electron chi connectivity index (χ4n) is 2.75. The molecule has 0 unspecified atom stereocenters. The van der Waals surface area contributed by atoms with Crippen LogP contribution in [-0.4, -0.2) is 27.2 Å². The zero-order valence-electron chi connectivity index (χ0n) is 15.0. The Morgan fingerprint density at radius 2 is 1.89 bits per heavy atom. The number of hydrogen-bond acceptors (Lipinski definition) is 3. The zero-order valence-corrected chi connectivity index (χ0v) is 15.9. The molecule has 1 amide bonds. The lowest BCUT2D eigenvalue weighted by molar-refractivity contribution is -0.121. The van der Waals surface area contributed by atoms with Crippen LogP contribution in [0, 0.1) is 17.5 Å². The van der Waals surface area contributed by atoms with Crippen molar-refractivity contribution in [3.8, 4) is 11.4 Å². The molecule has 0 radical (unpaired) electrons. The van der Waals surface area contributed by atoms with Crippen molar-refractivity contribution >= 4 is 18.1 Å². The molecule has 0 atom stereocenters. The number of halogens is 1. The van der Waals surface area contributed by atoms with E-state index in [-0.39, 0.29) is 11.7 Å². The number of H-pyrrole nitrogens is 1. The molecule has 0 saturated heterocycles. The molecule has 3 aromatic rings. The predicted octanol–water partition coefficient (Wildman–Crippen LogP) is 3.80. The highest BCUT2D eigenvalue weighted by Gasteiger charge is 2.10. The van der Waals surface area contributed by atoms with Crippen molar-refractivity contribution in [3.63, 3.8) is 0 Å². The van der Waals surface area contributed by atoms with Gasteiger partial charge in [-0.3, -0.25) is 14.5 Å². The molecule has 7 heteroatoms. The standard InChI is InChI=1S/C20H21FN4OS/c1-14-2-6-16(7-3-14)19-23-24-20(27)25(19)13-11-18(26)22-12-10-15-4-8-17(21)9-5-15/h2-9H,10-13H2,1H3,(H,22,26)(H,24,27). The molecule has 0 saturated carbocycles. The van der Waals surface area contributed by atoms with Gasteiger partial charge in [-0.2, -0.15) is 5.10 Å². The number of aromatic nitrogens is 3. The third-order valence-electron chi connectivity index (χ3n) is 4.28. The van der Waals surface area contributed by atoms with Gasteiger partial charge in [-0.25, -0.2) is 4.39 Å². The van der Waals surface area contributed by atoms with Crippen LogP contribution in [-0.2, 0) is 17.8 Å². The van der Waals surface area contributed by atoms with E-state index in [0.717, 1.165) is 17.0 Å². The molecular formula is C20H21FN4OS. The first-order valence-electron chi connectivity index (χ1n) is 8.76. The molecule has 3 rings (SSSR count). The summed E-state index contributed by atoms with van der Waals surface area (Å²) >= 11 is 5.30. The number of rotatable bonds is 7. The van der Waals surface area contributed by atoms with E-state index in [1.54, 1.807) is 12.1 Å². The molecule has 2 N–H and O–H groups in total. The number of aromatic amines is 1. The summed E-state index contributed by atoms with van der Waals surface area (Å²) in [5.41, 5.74) is 3.10. The molecular weight excluding hydrogens is 363 g/mol. The van der Waals surface area contributed by atoms with E-state index in [0.29, 0.717) is 30.7 Å². The van der Waals surface area contributed by atoms with E-state index >= 15 is 0 Å². The molecule has 0 spiro atoms. The van der Waals surface area contributed by atoms with Gasteiger partial charge in [0.2, 0.25) is 5.91 Å². The topological polar surface area (TPSA) is 62.7 Å². The van der Waals surface area contributed by atoms with Crippen molar-refractivity contribution in [3.05, 3.63) is 70.2 Å². The summed E-state index contributed by atoms with van der Waals surface area (Å²) in [4.78, 5) is 12.1. The average molecular weight is 384 g/mol. The molecule has 0 fully saturated rings. The predicted molar refractivity (Wildman–Crippen MR) is 105 cm³/mol. The van der Waals surface area contributed by atoms with Gasteiger partial charge in [0.05, 0.1) is 0 Å². The maximum atomic E-state index is 12.9. The van der Waals surface area contributed by atoms with Crippen LogP contribution in [0.3, 0.4) is 0 Å². The van der Waals surface area contributed by atoms with Gasteiger partial charge in [0.1, 0.15) is 5.82 Å². The smallest absolute Gasteiger partial charge is 0.221 e. The van der Waals surface area contributed by atoms with Crippen LogP contribution < -0.4 is 5.32 Å². The minimum atomic E-state index is -0.260. The summed E-state index contributed by atoms with van der Waals surface area (Å²) in [5, 5.41) is 9.97. The van der Waals surface area contributed by atoms with Crippen molar-refractivity contribution in [1.29, 1.82) is 0 Å². The number of benzene rings is 2. The van der Waals surface area contributed by atoms with E-state index in [1.807, 2.05) is 35.8 Å². The van der Waals surface area contributed by atoms with E-state index in [1.165, 1.54) is 17.7 Å². The third kappa shape index (κ3) is 5.10. The Hall–Kier alpha value is -2.80. The van der Waals surface area contributed by atoms with Crippen LogP contribution in [0.2, 0.25) is 0 Å². The largest absolute Gasteiger partial charge is 0.356 e. The van der Waals surface area contributed by atoms with Gasteiger partial charge in [-0.05, 0) is 43.3 Å². The van der Waals surface area contributed by atoms with Crippen molar-refractivity contribution in [2.24, 2.45) is 0 Å². The lowest BCUT2D eigenvalue weighted by atomic mass is 10.1. The van der Waals surface area contributed by atoms with Gasteiger partial charge in [-0.15, -0.1) is 0 Å². The lowest BCUT2D eigenvalue weighted by Crippen LogP contribution is -2.26. The van der Waals surface area contributed by atoms with Gasteiger partial charge >= 0.3 is 0 Å². The Morgan fingerprint density at radius 1 is 1.19 bits per heavy atom. The van der Waals surface area contributed by atoms with Gasteiger partial charge in [-0.1, -0.05) is 42.0 Å². The van der Waals surface area contributed by atoms with Crippen LogP contribution in [0.15, 0.2) is 48.5 Å². The van der Waals surface area contributed by atoms with E-state index in [4.69, 9.17) is 12.2 Å². The minimum Gasteiger partial charge on any atom is -0.356 e. The maximum absolute atomic E-state index is 12.9. The number of nitrogens with one attached hydrogen (secondary N) is 2. The minimum absolute atomic E-state index is 0.0601. The van der Waals surface area contributed by atoms with Crippen LogP contribution >= 0.6 is 12.2 Å². The number of carbonyl (C=O) groups excluding carboxylic acids is 1. The lowest BCUT2D eigenvalue weighted by Gasteiger charge is -2.08. The molecule has 1 aromatic heterocycles. The summed E-state index contributed by atoms with van der Waals surface area (Å²) in [6.07, 6.45) is 0.960. The van der Waals surface area contributed by atoms with E-state index < -0.39 is 0 Å². The Balaban J connectivity index is 1.54. The third-order valence-corrected chi connectivity index (χ3v) is 4.59. The van der Waals surface area contributed by atoms with Gasteiger partial charge in [0, 0.05) is 25.1 Å².